The molecule has 2 aromatic carbocycles. The maximum absolute atomic E-state index is 11.9. The van der Waals surface area contributed by atoms with Gasteiger partial charge in [0.1, 0.15) is 5.75 Å². The number of hydrogen-bond acceptors (Lipinski definition) is 3. The molecule has 0 aliphatic heterocycles. The van der Waals surface area contributed by atoms with Crippen molar-refractivity contribution >= 4 is 23.3 Å². The van der Waals surface area contributed by atoms with Gasteiger partial charge in [0, 0.05) is 31.0 Å². The van der Waals surface area contributed by atoms with Crippen LogP contribution in [0, 0.1) is 0 Å². The van der Waals surface area contributed by atoms with E-state index in [4.69, 9.17) is 4.74 Å². The number of benzene rings is 2. The number of nitrogens with one attached hydrogen (secondary N) is 2. The van der Waals surface area contributed by atoms with Crippen LogP contribution in [0.25, 0.3) is 0 Å². The van der Waals surface area contributed by atoms with Crippen molar-refractivity contribution in [1.29, 1.82) is 0 Å². The van der Waals surface area contributed by atoms with Crippen LogP contribution in [-0.4, -0.2) is 38.0 Å². The molecule has 0 saturated carbocycles. The molecule has 0 spiro atoms. The van der Waals surface area contributed by atoms with E-state index in [9.17, 15) is 9.59 Å². The van der Waals surface area contributed by atoms with Gasteiger partial charge in [0.25, 0.3) is 5.91 Å². The maximum atomic E-state index is 11.9. The molecule has 0 unspecified atom stereocenters. The zero-order chi connectivity index (χ0) is 16.8. The first-order valence-corrected chi connectivity index (χ1v) is 7.03. The average Bonchev–Trinajstić information content (AvgIpc) is 2.55. The quantitative estimate of drug-likeness (QED) is 0.911. The number of rotatable bonds is 4. The van der Waals surface area contributed by atoms with Crippen molar-refractivity contribution in [2.45, 2.75) is 0 Å². The third kappa shape index (κ3) is 4.47. The number of carbonyl (C=O) groups excluding carboxylic acids is 2. The SMILES string of the molecule is COc1ccc(NC(=O)Nc2ccc(C(=O)N(C)C)cc2)cc1. The molecule has 0 bridgehead atoms. The predicted octanol–water partition coefficient (Wildman–Crippen LogP) is 3.04. The first-order chi connectivity index (χ1) is 11.0. The lowest BCUT2D eigenvalue weighted by molar-refractivity contribution is 0.0827. The fourth-order valence-electron chi connectivity index (χ4n) is 1.92. The lowest BCUT2D eigenvalue weighted by Crippen LogP contribution is -2.22. The molecule has 2 rings (SSSR count). The Balaban J connectivity index is 1.95. The summed E-state index contributed by atoms with van der Waals surface area (Å²) < 4.78 is 5.06. The fourth-order valence-corrected chi connectivity index (χ4v) is 1.92. The minimum atomic E-state index is -0.359. The van der Waals surface area contributed by atoms with E-state index in [0.717, 1.165) is 5.75 Å². The Hall–Kier alpha value is -3.02. The molecule has 0 aliphatic carbocycles. The summed E-state index contributed by atoms with van der Waals surface area (Å²) in [6.45, 7) is 0. The van der Waals surface area contributed by atoms with E-state index in [1.807, 2.05) is 0 Å². The zero-order valence-electron chi connectivity index (χ0n) is 13.3. The summed E-state index contributed by atoms with van der Waals surface area (Å²) in [7, 11) is 4.97. The Bertz CT molecular complexity index is 679. The van der Waals surface area contributed by atoms with Crippen molar-refractivity contribution in [3.63, 3.8) is 0 Å². The minimum absolute atomic E-state index is 0.0840. The Kier molecular flexibility index (Phi) is 5.19. The normalized spacial score (nSPS) is 9.87. The van der Waals surface area contributed by atoms with E-state index in [2.05, 4.69) is 10.6 Å². The third-order valence-corrected chi connectivity index (χ3v) is 3.14. The number of ether oxygens (including phenoxy) is 1. The van der Waals surface area contributed by atoms with Gasteiger partial charge >= 0.3 is 6.03 Å². The number of nitrogens with zero attached hydrogens (tertiary/aromatic N) is 1. The summed E-state index contributed by atoms with van der Waals surface area (Å²) in [5.74, 6) is 0.636. The summed E-state index contributed by atoms with van der Waals surface area (Å²) in [5.41, 5.74) is 1.82. The molecule has 0 saturated heterocycles. The highest BCUT2D eigenvalue weighted by atomic mass is 16.5. The van der Waals surface area contributed by atoms with Crippen molar-refractivity contribution in [1.82, 2.24) is 4.90 Å². The number of hydrogen-bond donors (Lipinski definition) is 2. The van der Waals surface area contributed by atoms with E-state index in [1.165, 1.54) is 4.90 Å². The van der Waals surface area contributed by atoms with Gasteiger partial charge in [-0.15, -0.1) is 0 Å². The van der Waals surface area contributed by atoms with Gasteiger partial charge in [-0.1, -0.05) is 0 Å². The minimum Gasteiger partial charge on any atom is -0.497 e. The highest BCUT2D eigenvalue weighted by Gasteiger charge is 2.08. The Labute approximate surface area is 135 Å². The zero-order valence-corrected chi connectivity index (χ0v) is 13.3. The molecular formula is C17H19N3O3. The summed E-state index contributed by atoms with van der Waals surface area (Å²) in [4.78, 5) is 25.2. The fraction of sp³-hybridized carbons (Fsp3) is 0.176. The van der Waals surface area contributed by atoms with Crippen molar-refractivity contribution < 1.29 is 14.3 Å². The van der Waals surface area contributed by atoms with Crippen LogP contribution in [0.15, 0.2) is 48.5 Å². The molecule has 0 aliphatic rings. The van der Waals surface area contributed by atoms with Crippen molar-refractivity contribution in [3.05, 3.63) is 54.1 Å². The van der Waals surface area contributed by atoms with Crippen molar-refractivity contribution in [3.8, 4) is 5.75 Å². The van der Waals surface area contributed by atoms with Gasteiger partial charge in [-0.25, -0.2) is 4.79 Å². The lowest BCUT2D eigenvalue weighted by atomic mass is 10.2. The van der Waals surface area contributed by atoms with Gasteiger partial charge in [-0.3, -0.25) is 4.79 Å². The van der Waals surface area contributed by atoms with Crippen molar-refractivity contribution in [2.75, 3.05) is 31.8 Å². The van der Waals surface area contributed by atoms with E-state index in [1.54, 1.807) is 69.7 Å². The standard InChI is InChI=1S/C17H19N3O3/c1-20(2)16(21)12-4-6-13(7-5-12)18-17(22)19-14-8-10-15(23-3)11-9-14/h4-11H,1-3H3,(H2,18,19,22). The van der Waals surface area contributed by atoms with Crippen LogP contribution in [0.3, 0.4) is 0 Å². The molecule has 3 amide bonds. The summed E-state index contributed by atoms with van der Waals surface area (Å²) in [5, 5.41) is 5.42. The number of anilines is 2. The highest BCUT2D eigenvalue weighted by Crippen LogP contribution is 2.16. The molecule has 2 N–H and O–H groups in total. The second-order valence-electron chi connectivity index (χ2n) is 5.08. The second kappa shape index (κ2) is 7.31. The molecule has 6 nitrogen and oxygen atoms in total. The molecule has 0 fully saturated rings. The van der Waals surface area contributed by atoms with E-state index in [-0.39, 0.29) is 11.9 Å². The second-order valence-corrected chi connectivity index (χ2v) is 5.08. The van der Waals surface area contributed by atoms with Crippen LogP contribution in [-0.2, 0) is 0 Å². The maximum Gasteiger partial charge on any atom is 0.323 e. The summed E-state index contributed by atoms with van der Waals surface area (Å²) in [6.07, 6.45) is 0. The smallest absolute Gasteiger partial charge is 0.323 e. The molecule has 23 heavy (non-hydrogen) atoms. The number of amides is 3. The molecule has 0 aromatic heterocycles. The topological polar surface area (TPSA) is 70.7 Å². The monoisotopic (exact) mass is 313 g/mol. The molecule has 0 atom stereocenters. The molecule has 2 aromatic rings. The first-order valence-electron chi connectivity index (χ1n) is 7.03. The number of urea groups is 1. The van der Waals surface area contributed by atoms with E-state index >= 15 is 0 Å². The number of methoxy groups -OCH3 is 1. The largest absolute Gasteiger partial charge is 0.497 e. The molecule has 0 heterocycles. The lowest BCUT2D eigenvalue weighted by Gasteiger charge is -2.11. The van der Waals surface area contributed by atoms with Crippen LogP contribution >= 0.6 is 0 Å². The van der Waals surface area contributed by atoms with Gasteiger partial charge in [0.2, 0.25) is 0 Å². The Morgan fingerprint density at radius 1 is 0.870 bits per heavy atom. The molecular weight excluding hydrogens is 294 g/mol. The molecule has 0 radical (unpaired) electrons. The predicted molar refractivity (Wildman–Crippen MR) is 90.1 cm³/mol. The first kappa shape index (κ1) is 16.4. The van der Waals surface area contributed by atoms with Gasteiger partial charge in [0.05, 0.1) is 7.11 Å². The van der Waals surface area contributed by atoms with Crippen LogP contribution in [0.1, 0.15) is 10.4 Å². The third-order valence-electron chi connectivity index (χ3n) is 3.14. The van der Waals surface area contributed by atoms with E-state index < -0.39 is 0 Å². The summed E-state index contributed by atoms with van der Waals surface area (Å²) >= 11 is 0. The van der Waals surface area contributed by atoms with Crippen LogP contribution in [0.4, 0.5) is 16.2 Å². The average molecular weight is 313 g/mol. The van der Waals surface area contributed by atoms with Crippen LogP contribution < -0.4 is 15.4 Å². The Morgan fingerprint density at radius 3 is 1.78 bits per heavy atom. The Morgan fingerprint density at radius 2 is 1.35 bits per heavy atom. The van der Waals surface area contributed by atoms with Gasteiger partial charge in [-0.05, 0) is 48.5 Å². The van der Waals surface area contributed by atoms with Gasteiger partial charge in [-0.2, -0.15) is 0 Å². The summed E-state index contributed by atoms with van der Waals surface area (Å²) in [6, 6.07) is 13.4. The number of carbonyl (C=O) groups is 2. The van der Waals surface area contributed by atoms with Crippen molar-refractivity contribution in [2.24, 2.45) is 0 Å². The van der Waals surface area contributed by atoms with Crippen LogP contribution in [0.2, 0.25) is 0 Å². The van der Waals surface area contributed by atoms with Gasteiger partial charge < -0.3 is 20.3 Å². The van der Waals surface area contributed by atoms with Gasteiger partial charge in [0.15, 0.2) is 0 Å². The highest BCUT2D eigenvalue weighted by molar-refractivity contribution is 6.00. The van der Waals surface area contributed by atoms with Crippen LogP contribution in [0.5, 0.6) is 5.75 Å². The van der Waals surface area contributed by atoms with E-state index in [0.29, 0.717) is 16.9 Å². The molecule has 120 valence electrons. The molecule has 6 heteroatoms.